The number of methoxy groups -OCH3 is 1. The van der Waals surface area contributed by atoms with Crippen molar-refractivity contribution in [2.45, 2.75) is 18.2 Å². The maximum atomic E-state index is 11.8. The van der Waals surface area contributed by atoms with Gasteiger partial charge in [0.1, 0.15) is 0 Å². The van der Waals surface area contributed by atoms with Crippen LogP contribution in [0, 0.1) is 0 Å². The van der Waals surface area contributed by atoms with Crippen LogP contribution in [0.2, 0.25) is 0 Å². The van der Waals surface area contributed by atoms with Crippen LogP contribution in [0.25, 0.3) is 0 Å². The van der Waals surface area contributed by atoms with Gasteiger partial charge in [0, 0.05) is 5.56 Å². The molecule has 2 heterocycles. The third-order valence-corrected chi connectivity index (χ3v) is 3.91. The number of nitrogens with one attached hydrogen (secondary N) is 2. The molecule has 0 unspecified atom stereocenters. The molecular weight excluding hydrogens is 270 g/mol. The number of esters is 1. The molecule has 0 aromatic heterocycles. The molecule has 4 N–H and O–H groups in total. The number of hydrogen-bond acceptors (Lipinski definition) is 8. The van der Waals surface area contributed by atoms with Crippen LogP contribution in [-0.4, -0.2) is 18.6 Å². The zero-order chi connectivity index (χ0) is 13.7. The normalized spacial score (nSPS) is 21.6. The van der Waals surface area contributed by atoms with Crippen LogP contribution in [0.3, 0.4) is 0 Å². The zero-order valence-corrected chi connectivity index (χ0v) is 11.2. The van der Waals surface area contributed by atoms with Crippen LogP contribution in [0.4, 0.5) is 11.4 Å². The molecular formula is C11H13N3O4S. The Hall–Kier alpha value is -1.48. The fourth-order valence-corrected chi connectivity index (χ4v) is 2.63. The van der Waals surface area contributed by atoms with Crippen molar-refractivity contribution in [3.05, 3.63) is 23.8 Å². The smallest absolute Gasteiger partial charge is 0.331 e. The van der Waals surface area contributed by atoms with Gasteiger partial charge in [-0.15, -0.1) is 0 Å². The fourth-order valence-electron chi connectivity index (χ4n) is 2.02. The molecule has 1 aromatic carbocycles. The van der Waals surface area contributed by atoms with Crippen LogP contribution >= 0.6 is 12.1 Å². The number of benzene rings is 1. The lowest BCUT2D eigenvalue weighted by Gasteiger charge is -2.25. The van der Waals surface area contributed by atoms with E-state index in [2.05, 4.69) is 9.44 Å². The van der Waals surface area contributed by atoms with E-state index in [1.165, 1.54) is 26.2 Å². The van der Waals surface area contributed by atoms with Crippen molar-refractivity contribution >= 4 is 29.5 Å². The number of rotatable bonds is 3. The summed E-state index contributed by atoms with van der Waals surface area (Å²) in [5, 5.41) is 0. The second kappa shape index (κ2) is 4.01. The number of fused-ring (bicyclic) bond motifs is 1. The monoisotopic (exact) mass is 283 g/mol. The van der Waals surface area contributed by atoms with Gasteiger partial charge >= 0.3 is 5.97 Å². The highest BCUT2D eigenvalue weighted by Crippen LogP contribution is 2.50. The van der Waals surface area contributed by atoms with Gasteiger partial charge in [0.15, 0.2) is 5.54 Å². The van der Waals surface area contributed by atoms with Crippen molar-refractivity contribution in [2.75, 3.05) is 16.6 Å². The lowest BCUT2D eigenvalue weighted by molar-refractivity contribution is -0.149. The fraction of sp³-hybridized carbons (Fsp3) is 0.364. The van der Waals surface area contributed by atoms with Gasteiger partial charge in [-0.2, -0.15) is 9.78 Å². The molecule has 1 fully saturated rings. The second-order valence-corrected chi connectivity index (χ2v) is 5.16. The Morgan fingerprint density at radius 2 is 2.11 bits per heavy atom. The minimum atomic E-state index is -1.44. The molecule has 19 heavy (non-hydrogen) atoms. The van der Waals surface area contributed by atoms with E-state index in [1.807, 2.05) is 12.1 Å². The van der Waals surface area contributed by atoms with Gasteiger partial charge in [-0.25, -0.2) is 4.79 Å². The average molecular weight is 283 g/mol. The summed E-state index contributed by atoms with van der Waals surface area (Å²) < 4.78 is 10.8. The molecule has 1 atom stereocenters. The molecule has 3 rings (SSSR count). The van der Waals surface area contributed by atoms with E-state index in [-0.39, 0.29) is 0 Å². The molecule has 7 nitrogen and oxygen atoms in total. The predicted octanol–water partition coefficient (Wildman–Crippen LogP) is 1.09. The summed E-state index contributed by atoms with van der Waals surface area (Å²) in [6.45, 7) is 1.51. The van der Waals surface area contributed by atoms with Gasteiger partial charge in [-0.05, 0) is 19.1 Å². The van der Waals surface area contributed by atoms with Gasteiger partial charge < -0.3 is 19.9 Å². The van der Waals surface area contributed by atoms with Gasteiger partial charge in [-0.3, -0.25) is 0 Å². The Bertz CT molecular complexity index is 545. The van der Waals surface area contributed by atoms with E-state index in [9.17, 15) is 4.79 Å². The molecule has 0 spiro atoms. The second-order valence-electron chi connectivity index (χ2n) is 4.54. The minimum absolute atomic E-state index is 0.606. The van der Waals surface area contributed by atoms with Crippen LogP contribution < -0.4 is 15.2 Å². The molecule has 0 saturated carbocycles. The molecule has 102 valence electrons. The van der Waals surface area contributed by atoms with Gasteiger partial charge in [0.2, 0.25) is 0 Å². The Kier molecular flexibility index (Phi) is 2.65. The Morgan fingerprint density at radius 3 is 2.74 bits per heavy atom. The van der Waals surface area contributed by atoms with E-state index < -0.39 is 17.3 Å². The SMILES string of the molecule is COC(=O)[C@@](C)(N)C1(c2ccc3c(c2)NSN3)OO1. The molecule has 2 aliphatic rings. The van der Waals surface area contributed by atoms with Crippen molar-refractivity contribution < 1.29 is 19.3 Å². The molecule has 2 aliphatic heterocycles. The summed E-state index contributed by atoms with van der Waals surface area (Å²) in [6.07, 6.45) is 0. The summed E-state index contributed by atoms with van der Waals surface area (Å²) in [5.41, 5.74) is 7.06. The molecule has 0 amide bonds. The van der Waals surface area contributed by atoms with E-state index in [4.69, 9.17) is 20.2 Å². The Morgan fingerprint density at radius 1 is 1.42 bits per heavy atom. The van der Waals surface area contributed by atoms with Crippen molar-refractivity contribution in [3.8, 4) is 0 Å². The summed E-state index contributed by atoms with van der Waals surface area (Å²) in [7, 11) is 1.27. The standard InChI is InChI=1S/C11H13N3O4S/c1-10(12,9(15)16-2)11(17-18-11)6-3-4-7-8(5-6)14-19-13-7/h3-5,13-14H,12H2,1-2H3/t10-/m1/s1. The molecule has 1 saturated heterocycles. The first kappa shape index (κ1) is 12.5. The van der Waals surface area contributed by atoms with E-state index >= 15 is 0 Å². The van der Waals surface area contributed by atoms with Crippen molar-refractivity contribution in [1.29, 1.82) is 0 Å². The number of anilines is 2. The predicted molar refractivity (Wildman–Crippen MR) is 69.7 cm³/mol. The first-order chi connectivity index (χ1) is 9.01. The number of nitrogens with two attached hydrogens (primary N) is 1. The van der Waals surface area contributed by atoms with Crippen molar-refractivity contribution in [3.63, 3.8) is 0 Å². The lowest BCUT2D eigenvalue weighted by atomic mass is 9.87. The Balaban J connectivity index is 1.99. The highest BCUT2D eigenvalue weighted by molar-refractivity contribution is 8.02. The third kappa shape index (κ3) is 1.68. The average Bonchev–Trinajstić information content (AvgIpc) is 3.10. The number of carbonyl (C=O) groups excluding carboxylic acids is 1. The Labute approximate surface area is 114 Å². The topological polar surface area (TPSA) is 101 Å². The van der Waals surface area contributed by atoms with Crippen molar-refractivity contribution in [2.24, 2.45) is 5.73 Å². The lowest BCUT2D eigenvalue weighted by Crippen LogP contribution is -2.56. The van der Waals surface area contributed by atoms with Gasteiger partial charge in [-0.1, -0.05) is 6.07 Å². The quantitative estimate of drug-likeness (QED) is 0.328. The maximum Gasteiger partial charge on any atom is 0.331 e. The van der Waals surface area contributed by atoms with Gasteiger partial charge in [0.25, 0.3) is 5.79 Å². The van der Waals surface area contributed by atoms with Crippen molar-refractivity contribution in [1.82, 2.24) is 0 Å². The number of carbonyl (C=O) groups is 1. The summed E-state index contributed by atoms with van der Waals surface area (Å²) >= 11 is 1.36. The van der Waals surface area contributed by atoms with Crippen LogP contribution in [0.1, 0.15) is 12.5 Å². The third-order valence-electron chi connectivity index (χ3n) is 3.26. The van der Waals surface area contributed by atoms with E-state index in [0.717, 1.165) is 11.4 Å². The highest BCUT2D eigenvalue weighted by atomic mass is 32.2. The molecule has 0 radical (unpaired) electrons. The van der Waals surface area contributed by atoms with Crippen LogP contribution in [0.15, 0.2) is 18.2 Å². The summed E-state index contributed by atoms with van der Waals surface area (Å²) in [4.78, 5) is 21.9. The van der Waals surface area contributed by atoms with Gasteiger partial charge in [0.05, 0.1) is 30.6 Å². The first-order valence-electron chi connectivity index (χ1n) is 5.58. The van der Waals surface area contributed by atoms with E-state index in [1.54, 1.807) is 6.07 Å². The summed E-state index contributed by atoms with van der Waals surface area (Å²) in [6, 6.07) is 5.47. The zero-order valence-electron chi connectivity index (χ0n) is 10.4. The van der Waals surface area contributed by atoms with Crippen LogP contribution in [-0.2, 0) is 25.1 Å². The number of ether oxygens (including phenoxy) is 1. The molecule has 0 aliphatic carbocycles. The maximum absolute atomic E-state index is 11.8. The number of hydrogen-bond donors (Lipinski definition) is 3. The highest BCUT2D eigenvalue weighted by Gasteiger charge is 2.67. The minimum Gasteiger partial charge on any atom is -0.467 e. The molecule has 0 bridgehead atoms. The molecule has 1 aromatic rings. The first-order valence-corrected chi connectivity index (χ1v) is 6.39. The largest absolute Gasteiger partial charge is 0.467 e. The van der Waals surface area contributed by atoms with E-state index in [0.29, 0.717) is 5.56 Å². The van der Waals surface area contributed by atoms with Crippen LogP contribution in [0.5, 0.6) is 0 Å². The summed E-state index contributed by atoms with van der Waals surface area (Å²) in [5.74, 6) is -1.91. The molecule has 8 heteroatoms.